The average Bonchev–Trinajstić information content (AvgIpc) is 3.19. The fraction of sp³-hybridized carbons (Fsp3) is 0.240. The molecule has 4 rings (SSSR count). The van der Waals surface area contributed by atoms with Crippen molar-refractivity contribution < 1.29 is 14.6 Å². The van der Waals surface area contributed by atoms with Crippen LogP contribution in [0.2, 0.25) is 0 Å². The van der Waals surface area contributed by atoms with Gasteiger partial charge in [-0.05, 0) is 25.8 Å². The highest BCUT2D eigenvalue weighted by atomic mass is 32.1. The number of hydrogen-bond acceptors (Lipinski definition) is 9. The number of aliphatic hydroxyl groups is 1. The summed E-state index contributed by atoms with van der Waals surface area (Å²) in [5, 5.41) is 24.8. The number of benzene rings is 2. The van der Waals surface area contributed by atoms with Crippen LogP contribution in [0.15, 0.2) is 64.6 Å². The van der Waals surface area contributed by atoms with Crippen molar-refractivity contribution in [1.82, 2.24) is 4.98 Å². The molecule has 0 saturated heterocycles. The molecule has 1 unspecified atom stereocenters. The highest BCUT2D eigenvalue weighted by Gasteiger charge is 2.26. The Labute approximate surface area is 212 Å². The zero-order valence-corrected chi connectivity index (χ0v) is 20.5. The second-order valence-electron chi connectivity index (χ2n) is 7.92. The third-order valence-corrected chi connectivity index (χ3v) is 6.18. The molecule has 2 aromatic carbocycles. The van der Waals surface area contributed by atoms with Gasteiger partial charge in [0.15, 0.2) is 5.69 Å². The number of aryl methyl sites for hydroxylation is 1. The van der Waals surface area contributed by atoms with Gasteiger partial charge in [0.1, 0.15) is 5.00 Å². The van der Waals surface area contributed by atoms with Crippen molar-refractivity contribution in [2.24, 2.45) is 15.7 Å². The van der Waals surface area contributed by atoms with E-state index in [0.29, 0.717) is 35.1 Å². The molecule has 1 atom stereocenters. The molecule has 6 N–H and O–H groups in total. The number of rotatable bonds is 8. The van der Waals surface area contributed by atoms with E-state index < -0.39 is 12.1 Å². The quantitative estimate of drug-likeness (QED) is 0.180. The van der Waals surface area contributed by atoms with Gasteiger partial charge in [-0.15, -0.1) is 11.3 Å². The monoisotopic (exact) mass is 505 g/mol. The predicted octanol–water partition coefficient (Wildman–Crippen LogP) is 3.11. The van der Waals surface area contributed by atoms with Crippen LogP contribution in [0.5, 0.6) is 0 Å². The fourth-order valence-electron chi connectivity index (χ4n) is 3.60. The number of para-hydroxylation sites is 1. The van der Waals surface area contributed by atoms with Gasteiger partial charge in [0.05, 0.1) is 16.4 Å². The first kappa shape index (κ1) is 25.0. The van der Waals surface area contributed by atoms with E-state index in [1.165, 1.54) is 11.3 Å². The summed E-state index contributed by atoms with van der Waals surface area (Å²) < 4.78 is 5.45. The minimum absolute atomic E-state index is 0.122. The van der Waals surface area contributed by atoms with Gasteiger partial charge >= 0.3 is 0 Å². The number of nitrogens with one attached hydrogen (secondary N) is 3. The molecule has 0 spiro atoms. The van der Waals surface area contributed by atoms with Crippen molar-refractivity contribution in [3.8, 4) is 0 Å². The standard InChI is InChI=1S/C25H27N7O3S/c1-15-29-20(24(36-15)28-13-7-8-14-33)21(26)35-25(27)32-22-23(34)30-18-12-6-5-11-17(18)19(31-22)16-9-3-2-4-10-16/h2-6,9-12,22,26,28,33H,7-8,13-14H2,1H3,(H2,27,32)(H,30,34). The largest absolute Gasteiger partial charge is 0.405 e. The normalized spacial score (nSPS) is 15.4. The Balaban J connectivity index is 1.57. The molecule has 1 amide bonds. The maximum atomic E-state index is 12.9. The molecule has 1 aliphatic rings. The zero-order valence-electron chi connectivity index (χ0n) is 19.7. The topological polar surface area (TPSA) is 158 Å². The molecule has 11 heteroatoms. The van der Waals surface area contributed by atoms with Gasteiger partial charge in [0.25, 0.3) is 11.9 Å². The Bertz CT molecular complexity index is 1300. The number of unbranched alkanes of at least 4 members (excludes halogenated alkanes) is 1. The number of amidine groups is 1. The molecule has 0 saturated carbocycles. The molecule has 0 fully saturated rings. The number of amides is 1. The van der Waals surface area contributed by atoms with E-state index in [4.69, 9.17) is 21.0 Å². The summed E-state index contributed by atoms with van der Waals surface area (Å²) in [7, 11) is 0. The minimum Gasteiger partial charge on any atom is -0.405 e. The van der Waals surface area contributed by atoms with Crippen LogP contribution in [0.25, 0.3) is 0 Å². The summed E-state index contributed by atoms with van der Waals surface area (Å²) in [4.78, 5) is 26.1. The van der Waals surface area contributed by atoms with Crippen LogP contribution in [-0.2, 0) is 9.53 Å². The number of aliphatic hydroxyl groups excluding tert-OH is 1. The molecular formula is C25H27N7O3S. The summed E-state index contributed by atoms with van der Waals surface area (Å²) in [5.41, 5.74) is 9.09. The van der Waals surface area contributed by atoms with Crippen LogP contribution in [0.3, 0.4) is 0 Å². The molecule has 1 aromatic heterocycles. The van der Waals surface area contributed by atoms with Crippen molar-refractivity contribution in [3.63, 3.8) is 0 Å². The third kappa shape index (κ3) is 5.93. The Morgan fingerprint density at radius 2 is 1.97 bits per heavy atom. The van der Waals surface area contributed by atoms with Crippen molar-refractivity contribution in [3.05, 3.63) is 76.4 Å². The number of nitrogens with zero attached hydrogens (tertiary/aromatic N) is 3. The fourth-order valence-corrected chi connectivity index (χ4v) is 4.44. The number of hydrogen-bond donors (Lipinski definition) is 5. The van der Waals surface area contributed by atoms with Gasteiger partial charge < -0.3 is 26.2 Å². The van der Waals surface area contributed by atoms with E-state index in [-0.39, 0.29) is 18.5 Å². The number of carbonyl (C=O) groups is 1. The second kappa shape index (κ2) is 11.6. The number of aliphatic imine (C=N–C) groups is 2. The number of ether oxygens (including phenoxy) is 1. The van der Waals surface area contributed by atoms with Crippen LogP contribution in [0.4, 0.5) is 10.7 Å². The number of benzodiazepines with no additional fused rings is 1. The summed E-state index contributed by atoms with van der Waals surface area (Å²) in [5.74, 6) is -0.767. The number of carbonyl (C=O) groups excluding carboxylic acids is 1. The van der Waals surface area contributed by atoms with Crippen molar-refractivity contribution >= 4 is 45.6 Å². The SMILES string of the molecule is Cc1nc(C(=N)OC(N)=NC2N=C(c3ccccc3)c3ccccc3NC2=O)c(NCCCCO)s1. The van der Waals surface area contributed by atoms with Gasteiger partial charge in [-0.2, -0.15) is 4.99 Å². The first-order valence-corrected chi connectivity index (χ1v) is 12.2. The van der Waals surface area contributed by atoms with Gasteiger partial charge in [0.2, 0.25) is 12.1 Å². The Kier molecular flexibility index (Phi) is 8.03. The van der Waals surface area contributed by atoms with Crippen molar-refractivity contribution in [2.75, 3.05) is 23.8 Å². The Morgan fingerprint density at radius 1 is 1.22 bits per heavy atom. The average molecular weight is 506 g/mol. The number of nitrogens with two attached hydrogens (primary N) is 1. The molecule has 0 bridgehead atoms. The van der Waals surface area contributed by atoms with Crippen LogP contribution in [-0.4, -0.2) is 52.9 Å². The van der Waals surface area contributed by atoms with E-state index in [2.05, 4.69) is 25.6 Å². The van der Waals surface area contributed by atoms with Gasteiger partial charge in [-0.3, -0.25) is 10.2 Å². The predicted molar refractivity (Wildman–Crippen MR) is 142 cm³/mol. The lowest BCUT2D eigenvalue weighted by Gasteiger charge is -2.10. The number of fused-ring (bicyclic) bond motifs is 1. The minimum atomic E-state index is -1.21. The maximum absolute atomic E-state index is 12.9. The highest BCUT2D eigenvalue weighted by Crippen LogP contribution is 2.26. The first-order chi connectivity index (χ1) is 17.5. The van der Waals surface area contributed by atoms with Gasteiger partial charge in [-0.25, -0.2) is 9.98 Å². The van der Waals surface area contributed by atoms with E-state index in [0.717, 1.165) is 22.6 Å². The molecule has 0 aliphatic carbocycles. The number of anilines is 2. The van der Waals surface area contributed by atoms with E-state index in [1.807, 2.05) is 55.5 Å². The van der Waals surface area contributed by atoms with Crippen LogP contribution in [0, 0.1) is 12.3 Å². The molecule has 186 valence electrons. The lowest BCUT2D eigenvalue weighted by Crippen LogP contribution is -2.29. The smallest absolute Gasteiger partial charge is 0.291 e. The lowest BCUT2D eigenvalue weighted by molar-refractivity contribution is -0.117. The van der Waals surface area contributed by atoms with E-state index >= 15 is 0 Å². The molecule has 2 heterocycles. The molecule has 1 aliphatic heterocycles. The highest BCUT2D eigenvalue weighted by molar-refractivity contribution is 7.16. The van der Waals surface area contributed by atoms with Crippen LogP contribution >= 0.6 is 11.3 Å². The summed E-state index contributed by atoms with van der Waals surface area (Å²) >= 11 is 1.39. The van der Waals surface area contributed by atoms with Crippen LogP contribution in [0.1, 0.15) is 34.7 Å². The summed E-state index contributed by atoms with van der Waals surface area (Å²) in [6, 6.07) is 16.5. The lowest BCUT2D eigenvalue weighted by atomic mass is 10.0. The third-order valence-electron chi connectivity index (χ3n) is 5.25. The van der Waals surface area contributed by atoms with E-state index in [9.17, 15) is 4.79 Å². The van der Waals surface area contributed by atoms with Crippen LogP contribution < -0.4 is 16.4 Å². The molecular weight excluding hydrogens is 478 g/mol. The molecule has 3 aromatic rings. The Hall–Kier alpha value is -4.09. The van der Waals surface area contributed by atoms with E-state index in [1.54, 1.807) is 6.07 Å². The van der Waals surface area contributed by atoms with Gasteiger partial charge in [0, 0.05) is 24.3 Å². The molecule has 36 heavy (non-hydrogen) atoms. The molecule has 10 nitrogen and oxygen atoms in total. The summed E-state index contributed by atoms with van der Waals surface area (Å²) in [6.45, 7) is 2.56. The maximum Gasteiger partial charge on any atom is 0.291 e. The number of thiazole rings is 1. The zero-order chi connectivity index (χ0) is 25.5. The van der Waals surface area contributed by atoms with Crippen molar-refractivity contribution in [1.29, 1.82) is 5.41 Å². The Morgan fingerprint density at radius 3 is 2.75 bits per heavy atom. The molecule has 0 radical (unpaired) electrons. The second-order valence-corrected chi connectivity index (χ2v) is 9.12. The number of aromatic nitrogens is 1. The van der Waals surface area contributed by atoms with Gasteiger partial charge in [-0.1, -0.05) is 48.5 Å². The first-order valence-electron chi connectivity index (χ1n) is 11.4. The summed E-state index contributed by atoms with van der Waals surface area (Å²) in [6.07, 6.45) is 0.228. The van der Waals surface area contributed by atoms with Crippen molar-refractivity contribution in [2.45, 2.75) is 25.9 Å².